The van der Waals surface area contributed by atoms with Gasteiger partial charge in [-0.15, -0.1) is 11.3 Å². The van der Waals surface area contributed by atoms with Crippen LogP contribution in [0.15, 0.2) is 47.4 Å². The van der Waals surface area contributed by atoms with Gasteiger partial charge >= 0.3 is 0 Å². The molecule has 1 aromatic heterocycles. The van der Waals surface area contributed by atoms with E-state index < -0.39 is 0 Å². The van der Waals surface area contributed by atoms with Gasteiger partial charge in [0.2, 0.25) is 5.91 Å². The zero-order valence-electron chi connectivity index (χ0n) is 12.4. The minimum atomic E-state index is -0.0478. The molecule has 2 aromatic rings. The molecule has 0 radical (unpaired) electrons. The molecule has 4 heteroatoms. The molecule has 0 bridgehead atoms. The number of nitrogens with zero attached hydrogens (tertiary/aromatic N) is 1. The molecule has 2 rings (SSSR count). The van der Waals surface area contributed by atoms with Gasteiger partial charge in [-0.25, -0.2) is 4.98 Å². The lowest BCUT2D eigenvalue weighted by atomic mass is 10.1. The van der Waals surface area contributed by atoms with Crippen molar-refractivity contribution in [2.24, 2.45) is 0 Å². The van der Waals surface area contributed by atoms with Gasteiger partial charge < -0.3 is 5.32 Å². The summed E-state index contributed by atoms with van der Waals surface area (Å²) in [6, 6.07) is 10.3. The summed E-state index contributed by atoms with van der Waals surface area (Å²) >= 11 is 1.57. The SMILES string of the molecule is C/C(=C\C(=O)NCc1nc(C)cs1)CCc1ccccc1. The van der Waals surface area contributed by atoms with Crippen LogP contribution < -0.4 is 5.32 Å². The van der Waals surface area contributed by atoms with Gasteiger partial charge in [-0.3, -0.25) is 4.79 Å². The second-order valence-electron chi connectivity index (χ2n) is 5.08. The Morgan fingerprint density at radius 3 is 2.76 bits per heavy atom. The van der Waals surface area contributed by atoms with E-state index in [0.29, 0.717) is 6.54 Å². The van der Waals surface area contributed by atoms with Crippen LogP contribution in [0.5, 0.6) is 0 Å². The number of amides is 1. The number of aryl methyl sites for hydroxylation is 2. The summed E-state index contributed by atoms with van der Waals surface area (Å²) in [6.45, 7) is 4.45. The highest BCUT2D eigenvalue weighted by Crippen LogP contribution is 2.09. The van der Waals surface area contributed by atoms with Crippen molar-refractivity contribution in [1.29, 1.82) is 0 Å². The lowest BCUT2D eigenvalue weighted by Crippen LogP contribution is -2.20. The van der Waals surface area contributed by atoms with Crippen molar-refractivity contribution < 1.29 is 4.79 Å². The van der Waals surface area contributed by atoms with E-state index >= 15 is 0 Å². The number of aromatic nitrogens is 1. The number of rotatable bonds is 6. The van der Waals surface area contributed by atoms with Crippen LogP contribution in [0.2, 0.25) is 0 Å². The fourth-order valence-corrected chi connectivity index (χ4v) is 2.69. The largest absolute Gasteiger partial charge is 0.346 e. The van der Waals surface area contributed by atoms with Crippen LogP contribution in [0.3, 0.4) is 0 Å². The summed E-state index contributed by atoms with van der Waals surface area (Å²) in [4.78, 5) is 16.2. The zero-order chi connectivity index (χ0) is 15.1. The van der Waals surface area contributed by atoms with Gasteiger partial charge in [0.15, 0.2) is 0 Å². The molecule has 21 heavy (non-hydrogen) atoms. The topological polar surface area (TPSA) is 42.0 Å². The Hall–Kier alpha value is -1.94. The van der Waals surface area contributed by atoms with E-state index in [1.54, 1.807) is 17.4 Å². The summed E-state index contributed by atoms with van der Waals surface area (Å²) in [5, 5.41) is 5.80. The molecule has 0 spiro atoms. The highest BCUT2D eigenvalue weighted by molar-refractivity contribution is 7.09. The smallest absolute Gasteiger partial charge is 0.244 e. The third-order valence-electron chi connectivity index (χ3n) is 3.11. The van der Waals surface area contributed by atoms with Crippen molar-refractivity contribution in [2.75, 3.05) is 0 Å². The molecule has 0 atom stereocenters. The molecule has 0 aliphatic rings. The van der Waals surface area contributed by atoms with Crippen molar-refractivity contribution in [3.8, 4) is 0 Å². The fourth-order valence-electron chi connectivity index (χ4n) is 1.98. The Balaban J connectivity index is 1.77. The first-order valence-corrected chi connectivity index (χ1v) is 7.91. The van der Waals surface area contributed by atoms with Crippen LogP contribution >= 0.6 is 11.3 Å². The Kier molecular flexibility index (Phi) is 5.69. The molecule has 1 amide bonds. The average molecular weight is 300 g/mol. The summed E-state index contributed by atoms with van der Waals surface area (Å²) in [5.74, 6) is -0.0478. The second kappa shape index (κ2) is 7.74. The Morgan fingerprint density at radius 1 is 1.33 bits per heavy atom. The lowest BCUT2D eigenvalue weighted by Gasteiger charge is -2.03. The summed E-state index contributed by atoms with van der Waals surface area (Å²) in [6.07, 6.45) is 3.54. The first kappa shape index (κ1) is 15.4. The van der Waals surface area contributed by atoms with Crippen LogP contribution in [-0.2, 0) is 17.8 Å². The maximum atomic E-state index is 11.8. The minimum Gasteiger partial charge on any atom is -0.346 e. The number of nitrogens with one attached hydrogen (secondary N) is 1. The molecule has 1 aromatic carbocycles. The quantitative estimate of drug-likeness (QED) is 0.827. The number of carbonyl (C=O) groups is 1. The molecule has 0 fully saturated rings. The number of allylic oxidation sites excluding steroid dienone is 1. The molecule has 0 aliphatic carbocycles. The summed E-state index contributed by atoms with van der Waals surface area (Å²) in [7, 11) is 0. The Labute approximate surface area is 129 Å². The van der Waals surface area contributed by atoms with Crippen LogP contribution in [0.25, 0.3) is 0 Å². The molecule has 0 saturated heterocycles. The predicted molar refractivity (Wildman–Crippen MR) is 87.2 cm³/mol. The van der Waals surface area contributed by atoms with Gasteiger partial charge in [0.05, 0.1) is 6.54 Å². The van der Waals surface area contributed by atoms with E-state index in [-0.39, 0.29) is 5.91 Å². The fraction of sp³-hybridized carbons (Fsp3) is 0.294. The van der Waals surface area contributed by atoms with Crippen LogP contribution in [-0.4, -0.2) is 10.9 Å². The predicted octanol–water partition coefficient (Wildman–Crippen LogP) is 3.65. The van der Waals surface area contributed by atoms with Crippen LogP contribution in [0, 0.1) is 6.92 Å². The van der Waals surface area contributed by atoms with Crippen molar-refractivity contribution in [2.45, 2.75) is 33.2 Å². The standard InChI is InChI=1S/C17H20N2OS/c1-13(8-9-15-6-4-3-5-7-15)10-16(20)18-11-17-19-14(2)12-21-17/h3-7,10,12H,8-9,11H2,1-2H3,(H,18,20)/b13-10+. The molecular formula is C17H20N2OS. The Bertz CT molecular complexity index is 617. The molecule has 0 unspecified atom stereocenters. The molecular weight excluding hydrogens is 280 g/mol. The number of benzene rings is 1. The maximum absolute atomic E-state index is 11.8. The van der Waals surface area contributed by atoms with E-state index in [9.17, 15) is 4.79 Å². The van der Waals surface area contributed by atoms with Crippen molar-refractivity contribution in [1.82, 2.24) is 10.3 Å². The van der Waals surface area contributed by atoms with Gasteiger partial charge in [-0.05, 0) is 32.3 Å². The monoisotopic (exact) mass is 300 g/mol. The number of carbonyl (C=O) groups excluding carboxylic acids is 1. The lowest BCUT2D eigenvalue weighted by molar-refractivity contribution is -0.116. The molecule has 1 N–H and O–H groups in total. The van der Waals surface area contributed by atoms with Gasteiger partial charge in [-0.1, -0.05) is 35.9 Å². The van der Waals surface area contributed by atoms with E-state index in [1.807, 2.05) is 37.4 Å². The van der Waals surface area contributed by atoms with Crippen LogP contribution in [0.1, 0.15) is 29.6 Å². The highest BCUT2D eigenvalue weighted by atomic mass is 32.1. The first-order valence-electron chi connectivity index (χ1n) is 7.03. The van der Waals surface area contributed by atoms with Gasteiger partial charge in [0, 0.05) is 17.2 Å². The van der Waals surface area contributed by atoms with Gasteiger partial charge in [0.1, 0.15) is 5.01 Å². The Morgan fingerprint density at radius 2 is 2.10 bits per heavy atom. The maximum Gasteiger partial charge on any atom is 0.244 e. The van der Waals surface area contributed by atoms with Crippen molar-refractivity contribution in [3.05, 3.63) is 63.6 Å². The zero-order valence-corrected chi connectivity index (χ0v) is 13.2. The van der Waals surface area contributed by atoms with Crippen molar-refractivity contribution >= 4 is 17.2 Å². The molecule has 0 saturated carbocycles. The number of hydrogen-bond acceptors (Lipinski definition) is 3. The normalized spacial score (nSPS) is 11.4. The third-order valence-corrected chi connectivity index (χ3v) is 4.08. The van der Waals surface area contributed by atoms with E-state index in [2.05, 4.69) is 22.4 Å². The van der Waals surface area contributed by atoms with E-state index in [0.717, 1.165) is 29.1 Å². The number of thiazole rings is 1. The summed E-state index contributed by atoms with van der Waals surface area (Å²) in [5.41, 5.74) is 3.38. The molecule has 3 nitrogen and oxygen atoms in total. The van der Waals surface area contributed by atoms with Gasteiger partial charge in [-0.2, -0.15) is 0 Å². The molecule has 1 heterocycles. The van der Waals surface area contributed by atoms with Crippen molar-refractivity contribution in [3.63, 3.8) is 0 Å². The number of hydrogen-bond donors (Lipinski definition) is 1. The first-order chi connectivity index (χ1) is 10.1. The molecule has 110 valence electrons. The van der Waals surface area contributed by atoms with Crippen LogP contribution in [0.4, 0.5) is 0 Å². The third kappa shape index (κ3) is 5.52. The van der Waals surface area contributed by atoms with E-state index in [4.69, 9.17) is 0 Å². The average Bonchev–Trinajstić information content (AvgIpc) is 2.90. The second-order valence-corrected chi connectivity index (χ2v) is 6.02. The van der Waals surface area contributed by atoms with E-state index in [1.165, 1.54) is 5.56 Å². The minimum absolute atomic E-state index is 0.0478. The van der Waals surface area contributed by atoms with Gasteiger partial charge in [0.25, 0.3) is 0 Å². The highest BCUT2D eigenvalue weighted by Gasteiger charge is 2.02. The summed E-state index contributed by atoms with van der Waals surface area (Å²) < 4.78 is 0. The molecule has 0 aliphatic heterocycles.